The Balaban J connectivity index is 1.75. The molecule has 170 valence electrons. The normalized spacial score (nSPS) is 15.1. The van der Waals surface area contributed by atoms with Crippen molar-refractivity contribution in [3.8, 4) is 11.1 Å². The van der Waals surface area contributed by atoms with E-state index in [4.69, 9.17) is 9.15 Å². The summed E-state index contributed by atoms with van der Waals surface area (Å²) in [6.07, 6.45) is 1.01. The van der Waals surface area contributed by atoms with E-state index in [1.807, 2.05) is 49.4 Å². The number of benzene rings is 2. The molecule has 1 atom stereocenters. The van der Waals surface area contributed by atoms with Gasteiger partial charge in [0.1, 0.15) is 0 Å². The molecule has 0 saturated carbocycles. The summed E-state index contributed by atoms with van der Waals surface area (Å²) in [5, 5.41) is 0. The molecule has 4 rings (SSSR count). The summed E-state index contributed by atoms with van der Waals surface area (Å²) in [6.45, 7) is 3.78. The molecular weight excluding hydrogens is 422 g/mol. The monoisotopic (exact) mass is 447 g/mol. The lowest BCUT2D eigenvalue weighted by Gasteiger charge is -2.40. The lowest BCUT2D eigenvalue weighted by molar-refractivity contribution is -0.117. The number of methoxy groups -OCH3 is 1. The van der Waals surface area contributed by atoms with Gasteiger partial charge in [0, 0.05) is 26.2 Å². The maximum absolute atomic E-state index is 13.2. The lowest BCUT2D eigenvalue weighted by atomic mass is 10.00. The van der Waals surface area contributed by atoms with E-state index in [9.17, 15) is 14.4 Å². The predicted octanol–water partition coefficient (Wildman–Crippen LogP) is 4.55. The summed E-state index contributed by atoms with van der Waals surface area (Å²) in [4.78, 5) is 42.1. The second-order valence-corrected chi connectivity index (χ2v) is 7.91. The van der Waals surface area contributed by atoms with E-state index in [0.29, 0.717) is 23.6 Å². The summed E-state index contributed by atoms with van der Waals surface area (Å²) in [5.74, 6) is -0.106. The van der Waals surface area contributed by atoms with Crippen LogP contribution in [0.3, 0.4) is 0 Å². The smallest absolute Gasteiger partial charge is 0.413 e. The Kier molecular flexibility index (Phi) is 5.91. The third-order valence-electron chi connectivity index (χ3n) is 5.77. The minimum absolute atomic E-state index is 0.0863. The first-order valence-corrected chi connectivity index (χ1v) is 10.5. The van der Waals surface area contributed by atoms with Gasteiger partial charge < -0.3 is 19.0 Å². The average molecular weight is 447 g/mol. The molecule has 0 N–H and O–H groups in total. The number of rotatable bonds is 3. The molecule has 0 saturated heterocycles. The second kappa shape index (κ2) is 8.82. The Morgan fingerprint density at radius 2 is 1.73 bits per heavy atom. The summed E-state index contributed by atoms with van der Waals surface area (Å²) in [5.41, 5.74) is 3.77. The lowest BCUT2D eigenvalue weighted by Crippen LogP contribution is -2.51. The Morgan fingerprint density at radius 3 is 2.33 bits per heavy atom. The number of ether oxygens (including phenoxy) is 1. The highest BCUT2D eigenvalue weighted by Gasteiger charge is 2.35. The van der Waals surface area contributed by atoms with E-state index < -0.39 is 6.09 Å². The number of carbonyl (C=O) groups is 3. The van der Waals surface area contributed by atoms with Gasteiger partial charge in [0.05, 0.1) is 30.8 Å². The fourth-order valence-corrected chi connectivity index (χ4v) is 4.13. The zero-order chi connectivity index (χ0) is 23.7. The molecular formula is C25H25N3O5. The standard InChI is InChI=1S/C25H25N3O5/c1-16-15-27(24(30)23-6-5-13-33-23)22-14-19(9-12-21(22)28(16)17(2)29)18-7-10-20(11-8-18)26(3)25(31)32-4/h5-14,16H,15H2,1-4H3/t16-/m0/s1. The van der Waals surface area contributed by atoms with Crippen LogP contribution in [0.1, 0.15) is 24.4 Å². The van der Waals surface area contributed by atoms with Crippen molar-refractivity contribution >= 4 is 35.0 Å². The van der Waals surface area contributed by atoms with E-state index in [1.165, 1.54) is 25.2 Å². The topological polar surface area (TPSA) is 83.3 Å². The van der Waals surface area contributed by atoms with Crippen LogP contribution in [0.4, 0.5) is 21.9 Å². The van der Waals surface area contributed by atoms with Crippen molar-refractivity contribution in [1.82, 2.24) is 0 Å². The highest BCUT2D eigenvalue weighted by Crippen LogP contribution is 2.39. The Morgan fingerprint density at radius 1 is 1.03 bits per heavy atom. The third-order valence-corrected chi connectivity index (χ3v) is 5.77. The molecule has 0 radical (unpaired) electrons. The van der Waals surface area contributed by atoms with Crippen LogP contribution in [0, 0.1) is 0 Å². The molecule has 33 heavy (non-hydrogen) atoms. The van der Waals surface area contributed by atoms with E-state index in [-0.39, 0.29) is 23.6 Å². The molecule has 8 heteroatoms. The van der Waals surface area contributed by atoms with Crippen molar-refractivity contribution < 1.29 is 23.5 Å². The molecule has 2 aromatic carbocycles. The Labute approximate surface area is 191 Å². The van der Waals surface area contributed by atoms with Crippen LogP contribution in [0.25, 0.3) is 11.1 Å². The number of hydrogen-bond acceptors (Lipinski definition) is 5. The summed E-state index contributed by atoms with van der Waals surface area (Å²) < 4.78 is 10.1. The van der Waals surface area contributed by atoms with Gasteiger partial charge in [-0.25, -0.2) is 4.79 Å². The van der Waals surface area contributed by atoms with Crippen LogP contribution in [0.2, 0.25) is 0 Å². The molecule has 0 bridgehead atoms. The molecule has 0 aliphatic carbocycles. The SMILES string of the molecule is COC(=O)N(C)c1ccc(-c2ccc3c(c2)N(C(=O)c2ccco2)C[C@H](C)N3C(C)=O)cc1. The molecule has 0 unspecified atom stereocenters. The number of carbonyl (C=O) groups excluding carboxylic acids is 3. The average Bonchev–Trinajstić information content (AvgIpc) is 3.36. The fourth-order valence-electron chi connectivity index (χ4n) is 4.13. The first-order chi connectivity index (χ1) is 15.8. The summed E-state index contributed by atoms with van der Waals surface area (Å²) >= 11 is 0. The van der Waals surface area contributed by atoms with Crippen LogP contribution in [-0.4, -0.2) is 44.7 Å². The van der Waals surface area contributed by atoms with Gasteiger partial charge in [-0.1, -0.05) is 18.2 Å². The maximum atomic E-state index is 13.2. The first-order valence-electron chi connectivity index (χ1n) is 10.5. The zero-order valence-corrected chi connectivity index (χ0v) is 18.9. The molecule has 3 amide bonds. The first kappa shape index (κ1) is 22.1. The number of furan rings is 1. The predicted molar refractivity (Wildman–Crippen MR) is 126 cm³/mol. The molecule has 1 aliphatic rings. The van der Waals surface area contributed by atoms with E-state index >= 15 is 0 Å². The number of nitrogens with zero attached hydrogens (tertiary/aromatic N) is 3. The maximum Gasteiger partial charge on any atom is 0.413 e. The Bertz CT molecular complexity index is 1190. The zero-order valence-electron chi connectivity index (χ0n) is 18.9. The van der Waals surface area contributed by atoms with Gasteiger partial charge in [-0.2, -0.15) is 0 Å². The Hall–Kier alpha value is -4.07. The molecule has 2 heterocycles. The third kappa shape index (κ3) is 4.07. The summed E-state index contributed by atoms with van der Waals surface area (Å²) in [7, 11) is 2.97. The quantitative estimate of drug-likeness (QED) is 0.588. The van der Waals surface area contributed by atoms with Gasteiger partial charge in [-0.3, -0.25) is 14.5 Å². The number of amides is 3. The minimum Gasteiger partial charge on any atom is -0.459 e. The van der Waals surface area contributed by atoms with E-state index in [2.05, 4.69) is 0 Å². The van der Waals surface area contributed by atoms with Crippen molar-refractivity contribution in [1.29, 1.82) is 0 Å². The fraction of sp³-hybridized carbons (Fsp3) is 0.240. The van der Waals surface area contributed by atoms with Crippen molar-refractivity contribution in [3.63, 3.8) is 0 Å². The molecule has 1 aromatic heterocycles. The number of anilines is 3. The molecule has 0 spiro atoms. The van der Waals surface area contributed by atoms with Crippen LogP contribution < -0.4 is 14.7 Å². The molecule has 0 fully saturated rings. The van der Waals surface area contributed by atoms with Gasteiger partial charge in [-0.05, 0) is 54.4 Å². The molecule has 8 nitrogen and oxygen atoms in total. The number of fused-ring (bicyclic) bond motifs is 1. The van der Waals surface area contributed by atoms with Crippen LogP contribution in [0.5, 0.6) is 0 Å². The highest BCUT2D eigenvalue weighted by molar-refractivity contribution is 6.10. The molecule has 3 aromatic rings. The van der Waals surface area contributed by atoms with Crippen LogP contribution in [0.15, 0.2) is 65.3 Å². The van der Waals surface area contributed by atoms with Crippen molar-refractivity contribution in [2.45, 2.75) is 19.9 Å². The van der Waals surface area contributed by atoms with Gasteiger partial charge >= 0.3 is 6.09 Å². The van der Waals surface area contributed by atoms with Gasteiger partial charge in [0.25, 0.3) is 5.91 Å². The largest absolute Gasteiger partial charge is 0.459 e. The molecule has 1 aliphatic heterocycles. The van der Waals surface area contributed by atoms with Crippen molar-refractivity contribution in [2.24, 2.45) is 0 Å². The minimum atomic E-state index is -0.456. The van der Waals surface area contributed by atoms with Crippen molar-refractivity contribution in [3.05, 3.63) is 66.6 Å². The van der Waals surface area contributed by atoms with Crippen molar-refractivity contribution in [2.75, 3.05) is 35.4 Å². The number of hydrogen-bond donors (Lipinski definition) is 0. The van der Waals surface area contributed by atoms with Gasteiger partial charge in [0.2, 0.25) is 5.91 Å². The van der Waals surface area contributed by atoms with Crippen LogP contribution >= 0.6 is 0 Å². The second-order valence-electron chi connectivity index (χ2n) is 7.91. The van der Waals surface area contributed by atoms with E-state index in [0.717, 1.165) is 11.1 Å². The van der Waals surface area contributed by atoms with Gasteiger partial charge in [0.15, 0.2) is 5.76 Å². The van der Waals surface area contributed by atoms with Crippen LogP contribution in [-0.2, 0) is 9.53 Å². The van der Waals surface area contributed by atoms with E-state index in [1.54, 1.807) is 29.0 Å². The van der Waals surface area contributed by atoms with Gasteiger partial charge in [-0.15, -0.1) is 0 Å². The summed E-state index contributed by atoms with van der Waals surface area (Å²) in [6, 6.07) is 16.2. The highest BCUT2D eigenvalue weighted by atomic mass is 16.5.